The molecule has 0 aromatic carbocycles. The zero-order valence-corrected chi connectivity index (χ0v) is 11.7. The van der Waals surface area contributed by atoms with Crippen molar-refractivity contribution in [3.8, 4) is 0 Å². The standard InChI is InChI=1S/C13H19F3N2O3/c1-12(10(19)20,13(14,15)16)18-11(21)17-6-9(7-2-3-7)8-4-5-8/h7-9H,2-6H2,1H3,(H,19,20)(H2,17,18,21). The molecular weight excluding hydrogens is 289 g/mol. The van der Waals surface area contributed by atoms with Crippen LogP contribution in [-0.4, -0.2) is 35.4 Å². The summed E-state index contributed by atoms with van der Waals surface area (Å²) in [6.07, 6.45) is -0.679. The van der Waals surface area contributed by atoms with Gasteiger partial charge in [0.25, 0.3) is 0 Å². The van der Waals surface area contributed by atoms with Gasteiger partial charge in [0.1, 0.15) is 0 Å². The van der Waals surface area contributed by atoms with Gasteiger partial charge in [-0.2, -0.15) is 13.2 Å². The number of hydrogen-bond acceptors (Lipinski definition) is 2. The van der Waals surface area contributed by atoms with Crippen LogP contribution in [0, 0.1) is 17.8 Å². The highest BCUT2D eigenvalue weighted by Gasteiger charge is 2.58. The Morgan fingerprint density at radius 2 is 1.67 bits per heavy atom. The molecule has 0 bridgehead atoms. The van der Waals surface area contributed by atoms with Crippen LogP contribution in [-0.2, 0) is 4.79 Å². The number of urea groups is 1. The summed E-state index contributed by atoms with van der Waals surface area (Å²) in [5.41, 5.74) is -3.29. The van der Waals surface area contributed by atoms with Crippen molar-refractivity contribution < 1.29 is 27.9 Å². The van der Waals surface area contributed by atoms with Gasteiger partial charge < -0.3 is 15.7 Å². The van der Waals surface area contributed by atoms with Crippen molar-refractivity contribution in [1.82, 2.24) is 10.6 Å². The fraction of sp³-hybridized carbons (Fsp3) is 0.846. The number of nitrogens with one attached hydrogen (secondary N) is 2. The van der Waals surface area contributed by atoms with Crippen LogP contribution in [0.3, 0.4) is 0 Å². The first-order valence-corrected chi connectivity index (χ1v) is 7.01. The van der Waals surface area contributed by atoms with E-state index in [2.05, 4.69) is 5.32 Å². The highest BCUT2D eigenvalue weighted by Crippen LogP contribution is 2.48. The van der Waals surface area contributed by atoms with E-state index in [-0.39, 0.29) is 0 Å². The minimum atomic E-state index is -5.07. The van der Waals surface area contributed by atoms with Gasteiger partial charge in [0.05, 0.1) is 0 Å². The van der Waals surface area contributed by atoms with Crippen LogP contribution >= 0.6 is 0 Å². The van der Waals surface area contributed by atoms with E-state index in [4.69, 9.17) is 5.11 Å². The Hall–Kier alpha value is -1.47. The lowest BCUT2D eigenvalue weighted by atomic mass is 9.98. The van der Waals surface area contributed by atoms with E-state index in [0.717, 1.165) is 25.7 Å². The molecule has 1 atom stereocenters. The van der Waals surface area contributed by atoms with Crippen molar-refractivity contribution in [2.24, 2.45) is 17.8 Å². The van der Waals surface area contributed by atoms with Crippen LogP contribution in [0.15, 0.2) is 0 Å². The molecule has 0 aromatic heterocycles. The maximum absolute atomic E-state index is 12.8. The fourth-order valence-corrected chi connectivity index (χ4v) is 2.49. The van der Waals surface area contributed by atoms with Crippen LogP contribution in [0.5, 0.6) is 0 Å². The van der Waals surface area contributed by atoms with Gasteiger partial charge in [0.2, 0.25) is 5.54 Å². The summed E-state index contributed by atoms with van der Waals surface area (Å²) in [6, 6.07) is -1.09. The second kappa shape index (κ2) is 5.38. The quantitative estimate of drug-likeness (QED) is 0.703. The van der Waals surface area contributed by atoms with Gasteiger partial charge in [-0.05, 0) is 50.4 Å². The summed E-state index contributed by atoms with van der Waals surface area (Å²) in [5.74, 6) is -0.735. The summed E-state index contributed by atoms with van der Waals surface area (Å²) in [6.45, 7) is 0.739. The number of aliphatic carboxylic acids is 1. The number of carboxylic acid groups (broad SMARTS) is 1. The van der Waals surface area contributed by atoms with Gasteiger partial charge in [0, 0.05) is 6.54 Å². The molecule has 2 aliphatic rings. The first kappa shape index (κ1) is 15.9. The summed E-state index contributed by atoms with van der Waals surface area (Å²) >= 11 is 0. The van der Waals surface area contributed by atoms with E-state index in [1.54, 1.807) is 0 Å². The Labute approximate surface area is 120 Å². The smallest absolute Gasteiger partial charge is 0.422 e. The number of hydrogen-bond donors (Lipinski definition) is 3. The molecule has 0 radical (unpaired) electrons. The molecule has 2 fully saturated rings. The second-order valence-electron chi connectivity index (χ2n) is 6.10. The molecule has 0 spiro atoms. The monoisotopic (exact) mass is 308 g/mol. The molecule has 0 aromatic rings. The normalized spacial score (nSPS) is 21.8. The molecule has 0 heterocycles. The van der Waals surface area contributed by atoms with E-state index < -0.39 is 23.7 Å². The number of rotatable bonds is 6. The van der Waals surface area contributed by atoms with Crippen molar-refractivity contribution in [3.05, 3.63) is 0 Å². The Kier molecular flexibility index (Phi) is 4.08. The van der Waals surface area contributed by atoms with Crippen LogP contribution in [0.25, 0.3) is 0 Å². The molecule has 5 nitrogen and oxygen atoms in total. The first-order chi connectivity index (χ1) is 9.65. The molecule has 2 saturated carbocycles. The van der Waals surface area contributed by atoms with Crippen molar-refractivity contribution in [2.75, 3.05) is 6.54 Å². The third kappa shape index (κ3) is 3.59. The molecule has 0 aliphatic heterocycles. The van der Waals surface area contributed by atoms with E-state index >= 15 is 0 Å². The lowest BCUT2D eigenvalue weighted by Gasteiger charge is -2.29. The predicted molar refractivity (Wildman–Crippen MR) is 67.6 cm³/mol. The number of amides is 2. The second-order valence-corrected chi connectivity index (χ2v) is 6.10. The Bertz CT molecular complexity index is 421. The molecule has 21 heavy (non-hydrogen) atoms. The molecule has 2 rings (SSSR count). The molecule has 2 amide bonds. The van der Waals surface area contributed by atoms with Gasteiger partial charge in [-0.15, -0.1) is 0 Å². The minimum Gasteiger partial charge on any atom is -0.479 e. The lowest BCUT2D eigenvalue weighted by Crippen LogP contribution is -2.63. The van der Waals surface area contributed by atoms with Crippen LogP contribution < -0.4 is 10.6 Å². The number of carboxylic acids is 1. The van der Waals surface area contributed by atoms with E-state index in [1.165, 1.54) is 5.32 Å². The number of carbonyl (C=O) groups excluding carboxylic acids is 1. The van der Waals surface area contributed by atoms with Crippen molar-refractivity contribution in [3.63, 3.8) is 0 Å². The van der Waals surface area contributed by atoms with Crippen LogP contribution in [0.2, 0.25) is 0 Å². The maximum atomic E-state index is 12.8. The average Bonchev–Trinajstić information content (AvgIpc) is 3.21. The van der Waals surface area contributed by atoms with Crippen molar-refractivity contribution in [1.29, 1.82) is 0 Å². The van der Waals surface area contributed by atoms with E-state index in [9.17, 15) is 22.8 Å². The maximum Gasteiger partial charge on any atom is 0.422 e. The minimum absolute atomic E-state index is 0.300. The number of carbonyl (C=O) groups is 2. The van der Waals surface area contributed by atoms with Crippen molar-refractivity contribution in [2.45, 2.75) is 44.3 Å². The van der Waals surface area contributed by atoms with Gasteiger partial charge in [0.15, 0.2) is 0 Å². The Balaban J connectivity index is 1.89. The molecule has 8 heteroatoms. The van der Waals surface area contributed by atoms with Gasteiger partial charge >= 0.3 is 18.2 Å². The van der Waals surface area contributed by atoms with E-state index in [1.807, 2.05) is 0 Å². The SMILES string of the molecule is CC(NC(=O)NCC(C1CC1)C1CC1)(C(=O)O)C(F)(F)F. The third-order valence-electron chi connectivity index (χ3n) is 4.31. The van der Waals surface area contributed by atoms with Gasteiger partial charge in [-0.25, -0.2) is 9.59 Å². The van der Waals surface area contributed by atoms with Crippen LogP contribution in [0.1, 0.15) is 32.6 Å². The van der Waals surface area contributed by atoms with Crippen molar-refractivity contribution >= 4 is 12.0 Å². The zero-order valence-electron chi connectivity index (χ0n) is 11.7. The fourth-order valence-electron chi connectivity index (χ4n) is 2.49. The summed E-state index contributed by atoms with van der Waals surface area (Å²) in [5, 5.41) is 12.7. The molecular formula is C13H19F3N2O3. The lowest BCUT2D eigenvalue weighted by molar-refractivity contribution is -0.203. The molecule has 1 unspecified atom stereocenters. The topological polar surface area (TPSA) is 78.4 Å². The number of halogens is 3. The molecule has 3 N–H and O–H groups in total. The number of alkyl halides is 3. The molecule has 120 valence electrons. The van der Waals surface area contributed by atoms with Crippen LogP contribution in [0.4, 0.5) is 18.0 Å². The average molecular weight is 308 g/mol. The van der Waals surface area contributed by atoms with Gasteiger partial charge in [-0.3, -0.25) is 0 Å². The predicted octanol–water partition coefficient (Wildman–Crippen LogP) is 2.13. The molecule has 2 aliphatic carbocycles. The first-order valence-electron chi connectivity index (χ1n) is 7.01. The summed E-state index contributed by atoms with van der Waals surface area (Å²) in [4.78, 5) is 22.4. The summed E-state index contributed by atoms with van der Waals surface area (Å²) < 4.78 is 38.3. The molecule has 0 saturated heterocycles. The third-order valence-corrected chi connectivity index (χ3v) is 4.31. The van der Waals surface area contributed by atoms with E-state index in [0.29, 0.717) is 31.2 Å². The Morgan fingerprint density at radius 1 is 1.19 bits per heavy atom. The zero-order chi connectivity index (χ0) is 15.8. The highest BCUT2D eigenvalue weighted by atomic mass is 19.4. The summed E-state index contributed by atoms with van der Waals surface area (Å²) in [7, 11) is 0. The largest absolute Gasteiger partial charge is 0.479 e. The highest BCUT2D eigenvalue weighted by molar-refractivity contribution is 5.86. The Morgan fingerprint density at radius 3 is 2.00 bits per heavy atom. The van der Waals surface area contributed by atoms with Gasteiger partial charge in [-0.1, -0.05) is 0 Å².